The Morgan fingerprint density at radius 3 is 2.85 bits per heavy atom. The van der Waals surface area contributed by atoms with Crippen molar-refractivity contribution < 1.29 is 4.74 Å². The highest BCUT2D eigenvalue weighted by atomic mass is 35.5. The first-order valence-electron chi connectivity index (χ1n) is 9.09. The molecule has 2 unspecified atom stereocenters. The van der Waals surface area contributed by atoms with Gasteiger partial charge in [-0.3, -0.25) is 4.90 Å². The zero-order chi connectivity index (χ0) is 18.1. The summed E-state index contributed by atoms with van der Waals surface area (Å²) in [5.41, 5.74) is 9.25. The number of ether oxygens (including phenoxy) is 1. The highest BCUT2D eigenvalue weighted by Gasteiger charge is 2.39. The summed E-state index contributed by atoms with van der Waals surface area (Å²) in [6, 6.07) is 16.3. The predicted octanol–water partition coefficient (Wildman–Crippen LogP) is 3.68. The number of hydrogen-bond acceptors (Lipinski definition) is 4. The van der Waals surface area contributed by atoms with Crippen molar-refractivity contribution in [3.63, 3.8) is 0 Å². The second kappa shape index (κ2) is 7.28. The zero-order valence-corrected chi connectivity index (χ0v) is 15.3. The molecule has 0 amide bonds. The molecule has 1 fully saturated rings. The standard InChI is InChI=1S/C21H22ClN3O/c22-19-11-17(8-7-15(19)12-23)26-21-18-6-2-1-4-14(18)10-20(21)25-9-3-5-16(24)13-25/h1-2,4,6-8,11,16,20-21H,3,5,9-10,13,24H2/t16?,20-,21?/m1/s1. The Balaban J connectivity index is 1.63. The van der Waals surface area contributed by atoms with Crippen LogP contribution in [0.4, 0.5) is 0 Å². The highest BCUT2D eigenvalue weighted by molar-refractivity contribution is 6.31. The van der Waals surface area contributed by atoms with Gasteiger partial charge in [-0.25, -0.2) is 0 Å². The highest BCUT2D eigenvalue weighted by Crippen LogP contribution is 2.39. The van der Waals surface area contributed by atoms with Crippen LogP contribution in [0.3, 0.4) is 0 Å². The monoisotopic (exact) mass is 367 g/mol. The first-order chi connectivity index (χ1) is 12.7. The minimum absolute atomic E-state index is 0.0551. The van der Waals surface area contributed by atoms with E-state index in [4.69, 9.17) is 27.3 Å². The third kappa shape index (κ3) is 3.31. The van der Waals surface area contributed by atoms with Crippen LogP contribution in [-0.2, 0) is 6.42 Å². The summed E-state index contributed by atoms with van der Waals surface area (Å²) in [4.78, 5) is 2.48. The Kier molecular flexibility index (Phi) is 4.86. The van der Waals surface area contributed by atoms with E-state index in [9.17, 15) is 0 Å². The number of benzene rings is 2. The third-order valence-electron chi connectivity index (χ3n) is 5.42. The van der Waals surface area contributed by atoms with E-state index in [2.05, 4.69) is 35.2 Å². The van der Waals surface area contributed by atoms with E-state index < -0.39 is 0 Å². The van der Waals surface area contributed by atoms with E-state index in [-0.39, 0.29) is 18.2 Å². The summed E-state index contributed by atoms with van der Waals surface area (Å²) < 4.78 is 6.41. The third-order valence-corrected chi connectivity index (χ3v) is 5.74. The number of nitriles is 1. The van der Waals surface area contributed by atoms with Gasteiger partial charge in [0, 0.05) is 18.7 Å². The van der Waals surface area contributed by atoms with Gasteiger partial charge in [0.15, 0.2) is 0 Å². The molecule has 2 aromatic rings. The van der Waals surface area contributed by atoms with Gasteiger partial charge in [0.05, 0.1) is 16.6 Å². The molecule has 1 aliphatic heterocycles. The fourth-order valence-corrected chi connectivity index (χ4v) is 4.36. The molecule has 5 heteroatoms. The Morgan fingerprint density at radius 2 is 2.08 bits per heavy atom. The van der Waals surface area contributed by atoms with E-state index in [0.29, 0.717) is 16.3 Å². The Hall–Kier alpha value is -2.06. The molecular weight excluding hydrogens is 346 g/mol. The van der Waals surface area contributed by atoms with Crippen molar-refractivity contribution in [1.82, 2.24) is 4.90 Å². The minimum atomic E-state index is -0.0551. The number of hydrogen-bond donors (Lipinski definition) is 1. The van der Waals surface area contributed by atoms with Crippen LogP contribution in [-0.4, -0.2) is 30.1 Å². The van der Waals surface area contributed by atoms with Crippen molar-refractivity contribution in [2.45, 2.75) is 37.5 Å². The smallest absolute Gasteiger partial charge is 0.140 e. The molecule has 2 aromatic carbocycles. The maximum absolute atomic E-state index is 9.07. The van der Waals surface area contributed by atoms with Crippen molar-refractivity contribution in [3.05, 3.63) is 64.2 Å². The Morgan fingerprint density at radius 1 is 1.23 bits per heavy atom. The van der Waals surface area contributed by atoms with Gasteiger partial charge in [-0.15, -0.1) is 0 Å². The van der Waals surface area contributed by atoms with E-state index >= 15 is 0 Å². The number of halogens is 1. The summed E-state index contributed by atoms with van der Waals surface area (Å²) >= 11 is 6.19. The van der Waals surface area contributed by atoms with Gasteiger partial charge < -0.3 is 10.5 Å². The lowest BCUT2D eigenvalue weighted by atomic mass is 10.0. The summed E-state index contributed by atoms with van der Waals surface area (Å²) in [6.07, 6.45) is 3.13. The fourth-order valence-electron chi connectivity index (χ4n) is 4.15. The zero-order valence-electron chi connectivity index (χ0n) is 14.6. The SMILES string of the molecule is N#Cc1ccc(OC2c3ccccc3C[C@H]2N2CCCC(N)C2)cc1Cl. The van der Waals surface area contributed by atoms with Gasteiger partial charge in [-0.2, -0.15) is 5.26 Å². The second-order valence-corrected chi connectivity index (χ2v) is 7.57. The molecule has 0 aromatic heterocycles. The van der Waals surface area contributed by atoms with E-state index in [1.165, 1.54) is 11.1 Å². The van der Waals surface area contributed by atoms with Crippen molar-refractivity contribution in [3.8, 4) is 11.8 Å². The van der Waals surface area contributed by atoms with Crippen LogP contribution >= 0.6 is 11.6 Å². The summed E-state index contributed by atoms with van der Waals surface area (Å²) in [5, 5.41) is 9.49. The first kappa shape index (κ1) is 17.4. The van der Waals surface area contributed by atoms with Crippen molar-refractivity contribution in [1.29, 1.82) is 5.26 Å². The molecule has 0 radical (unpaired) electrons. The van der Waals surface area contributed by atoms with Crippen LogP contribution in [0.2, 0.25) is 5.02 Å². The quantitative estimate of drug-likeness (QED) is 0.898. The van der Waals surface area contributed by atoms with Crippen LogP contribution < -0.4 is 10.5 Å². The topological polar surface area (TPSA) is 62.3 Å². The van der Waals surface area contributed by atoms with Crippen LogP contribution in [0.1, 0.15) is 35.6 Å². The minimum Gasteiger partial charge on any atom is -0.484 e. The second-order valence-electron chi connectivity index (χ2n) is 7.16. The fraction of sp³-hybridized carbons (Fsp3) is 0.381. The molecule has 1 saturated heterocycles. The van der Waals surface area contributed by atoms with Crippen molar-refractivity contribution >= 4 is 11.6 Å². The molecule has 2 aliphatic rings. The maximum atomic E-state index is 9.07. The molecule has 0 saturated carbocycles. The summed E-state index contributed by atoms with van der Waals surface area (Å²) in [5.74, 6) is 0.696. The lowest BCUT2D eigenvalue weighted by Crippen LogP contribution is -2.49. The van der Waals surface area contributed by atoms with Crippen molar-refractivity contribution in [2.24, 2.45) is 5.73 Å². The largest absolute Gasteiger partial charge is 0.484 e. The molecule has 134 valence electrons. The molecule has 0 spiro atoms. The number of nitrogens with zero attached hydrogens (tertiary/aromatic N) is 2. The lowest BCUT2D eigenvalue weighted by Gasteiger charge is -2.38. The van der Waals surface area contributed by atoms with Gasteiger partial charge in [-0.05, 0) is 49.1 Å². The van der Waals surface area contributed by atoms with Gasteiger partial charge in [0.2, 0.25) is 0 Å². The molecule has 0 bridgehead atoms. The molecule has 1 heterocycles. The number of likely N-dealkylation sites (tertiary alicyclic amines) is 1. The number of fused-ring (bicyclic) bond motifs is 1. The summed E-state index contributed by atoms with van der Waals surface area (Å²) in [7, 11) is 0. The molecule has 2 N–H and O–H groups in total. The van der Waals surface area contributed by atoms with Gasteiger partial charge in [0.25, 0.3) is 0 Å². The average Bonchev–Trinajstić information content (AvgIpc) is 3.01. The average molecular weight is 368 g/mol. The first-order valence-corrected chi connectivity index (χ1v) is 9.47. The number of nitrogens with two attached hydrogens (primary N) is 1. The lowest BCUT2D eigenvalue weighted by molar-refractivity contribution is 0.0593. The van der Waals surface area contributed by atoms with Gasteiger partial charge in [-0.1, -0.05) is 35.9 Å². The molecule has 4 rings (SSSR count). The van der Waals surface area contributed by atoms with Crippen LogP contribution in [0.15, 0.2) is 42.5 Å². The number of rotatable bonds is 3. The van der Waals surface area contributed by atoms with Crippen molar-refractivity contribution in [2.75, 3.05) is 13.1 Å². The predicted molar refractivity (Wildman–Crippen MR) is 102 cm³/mol. The van der Waals surface area contributed by atoms with Crippen LogP contribution in [0.5, 0.6) is 5.75 Å². The maximum Gasteiger partial charge on any atom is 0.140 e. The van der Waals surface area contributed by atoms with Crippen LogP contribution in [0, 0.1) is 11.3 Å². The molecule has 1 aliphatic carbocycles. The van der Waals surface area contributed by atoms with Crippen LogP contribution in [0.25, 0.3) is 0 Å². The van der Waals surface area contributed by atoms with Gasteiger partial charge >= 0.3 is 0 Å². The number of piperidine rings is 1. The van der Waals surface area contributed by atoms with E-state index in [1.54, 1.807) is 12.1 Å². The van der Waals surface area contributed by atoms with E-state index in [0.717, 1.165) is 32.4 Å². The molecular formula is C21H22ClN3O. The van der Waals surface area contributed by atoms with Gasteiger partial charge in [0.1, 0.15) is 17.9 Å². The normalized spacial score (nSPS) is 25.5. The molecule has 26 heavy (non-hydrogen) atoms. The van der Waals surface area contributed by atoms with E-state index in [1.807, 2.05) is 6.07 Å². The summed E-state index contributed by atoms with van der Waals surface area (Å²) in [6.45, 7) is 1.97. The molecule has 4 nitrogen and oxygen atoms in total. The Bertz CT molecular complexity index is 847. The Labute approximate surface area is 159 Å². The molecule has 3 atom stereocenters.